The molecule has 1 amide bonds. The lowest BCUT2D eigenvalue weighted by molar-refractivity contribution is -0.126. The van der Waals surface area contributed by atoms with E-state index in [2.05, 4.69) is 5.32 Å². The van der Waals surface area contributed by atoms with E-state index in [0.29, 0.717) is 26.2 Å². The third-order valence-corrected chi connectivity index (χ3v) is 2.67. The first-order valence-electron chi connectivity index (χ1n) is 6.38. The average molecular weight is 266 g/mol. The van der Waals surface area contributed by atoms with Gasteiger partial charge >= 0.3 is 0 Å². The zero-order valence-electron chi connectivity index (χ0n) is 11.3. The van der Waals surface area contributed by atoms with Crippen LogP contribution in [0, 0.1) is 0 Å². The fourth-order valence-electron chi connectivity index (χ4n) is 1.59. The van der Waals surface area contributed by atoms with E-state index in [1.54, 1.807) is 7.11 Å². The largest absolute Gasteiger partial charge is 0.382 e. The van der Waals surface area contributed by atoms with Gasteiger partial charge in [0, 0.05) is 19.7 Å². The molecule has 0 aromatic heterocycles. The van der Waals surface area contributed by atoms with Crippen molar-refractivity contribution >= 4 is 5.91 Å². The molecule has 0 saturated heterocycles. The van der Waals surface area contributed by atoms with Gasteiger partial charge in [0.2, 0.25) is 5.91 Å². The summed E-state index contributed by atoms with van der Waals surface area (Å²) in [5.41, 5.74) is 7.10. The lowest BCUT2D eigenvalue weighted by Gasteiger charge is -2.12. The minimum atomic E-state index is -0.128. The second-order valence-corrected chi connectivity index (χ2v) is 4.20. The highest BCUT2D eigenvalue weighted by Crippen LogP contribution is 2.11. The standard InChI is InChI=1S/C14H22N2O3/c1-18-9-10-19-11-14(17)16-8-7-13(15)12-5-3-2-4-6-12/h2-6,13H,7-11,15H2,1H3,(H,16,17). The number of nitrogens with one attached hydrogen (secondary N) is 1. The van der Waals surface area contributed by atoms with Crippen molar-refractivity contribution in [1.82, 2.24) is 5.32 Å². The summed E-state index contributed by atoms with van der Waals surface area (Å²) in [4.78, 5) is 11.4. The summed E-state index contributed by atoms with van der Waals surface area (Å²) in [6, 6.07) is 9.78. The van der Waals surface area contributed by atoms with E-state index in [0.717, 1.165) is 5.56 Å². The number of carbonyl (C=O) groups excluding carboxylic acids is 1. The molecule has 5 nitrogen and oxygen atoms in total. The smallest absolute Gasteiger partial charge is 0.246 e. The molecule has 0 heterocycles. The van der Waals surface area contributed by atoms with Crippen molar-refractivity contribution in [2.75, 3.05) is 33.5 Å². The Morgan fingerprint density at radius 3 is 2.74 bits per heavy atom. The Labute approximate surface area is 114 Å². The maximum absolute atomic E-state index is 11.4. The van der Waals surface area contributed by atoms with Gasteiger partial charge in [-0.25, -0.2) is 0 Å². The highest BCUT2D eigenvalue weighted by Gasteiger charge is 2.06. The highest BCUT2D eigenvalue weighted by atomic mass is 16.5. The molecule has 0 aliphatic carbocycles. The van der Waals surface area contributed by atoms with Crippen LogP contribution in [0.15, 0.2) is 30.3 Å². The molecule has 0 radical (unpaired) electrons. The summed E-state index contributed by atoms with van der Waals surface area (Å²) in [5, 5.41) is 2.78. The Bertz CT molecular complexity index is 357. The van der Waals surface area contributed by atoms with Gasteiger partial charge in [0.25, 0.3) is 0 Å². The third-order valence-electron chi connectivity index (χ3n) is 2.67. The Balaban J connectivity index is 2.11. The van der Waals surface area contributed by atoms with Crippen LogP contribution in [0.3, 0.4) is 0 Å². The topological polar surface area (TPSA) is 73.6 Å². The first kappa shape index (κ1) is 15.6. The zero-order chi connectivity index (χ0) is 13.9. The average Bonchev–Trinajstić information content (AvgIpc) is 2.44. The number of benzene rings is 1. The molecule has 1 aromatic carbocycles. The zero-order valence-corrected chi connectivity index (χ0v) is 11.3. The summed E-state index contributed by atoms with van der Waals surface area (Å²) < 4.78 is 9.92. The van der Waals surface area contributed by atoms with Gasteiger partial charge in [0.15, 0.2) is 0 Å². The number of rotatable bonds is 9. The van der Waals surface area contributed by atoms with Gasteiger partial charge in [0.1, 0.15) is 6.61 Å². The molecular formula is C14H22N2O3. The molecule has 5 heteroatoms. The van der Waals surface area contributed by atoms with Crippen LogP contribution in [0.4, 0.5) is 0 Å². The van der Waals surface area contributed by atoms with Gasteiger partial charge in [-0.1, -0.05) is 30.3 Å². The molecule has 0 saturated carbocycles. The number of ether oxygens (including phenoxy) is 2. The number of methoxy groups -OCH3 is 1. The fraction of sp³-hybridized carbons (Fsp3) is 0.500. The molecule has 0 aliphatic rings. The van der Waals surface area contributed by atoms with Crippen molar-refractivity contribution in [3.05, 3.63) is 35.9 Å². The van der Waals surface area contributed by atoms with E-state index in [4.69, 9.17) is 15.2 Å². The van der Waals surface area contributed by atoms with Gasteiger partial charge in [-0.15, -0.1) is 0 Å². The number of amides is 1. The van der Waals surface area contributed by atoms with Gasteiger partial charge in [-0.05, 0) is 12.0 Å². The molecule has 0 spiro atoms. The van der Waals surface area contributed by atoms with Gasteiger partial charge < -0.3 is 20.5 Å². The van der Waals surface area contributed by atoms with Crippen molar-refractivity contribution in [3.8, 4) is 0 Å². The molecule has 1 aromatic rings. The normalized spacial score (nSPS) is 12.1. The molecule has 0 fully saturated rings. The van der Waals surface area contributed by atoms with Crippen LogP contribution in [-0.2, 0) is 14.3 Å². The minimum absolute atomic E-state index is 0.0593. The summed E-state index contributed by atoms with van der Waals surface area (Å²) in [6.07, 6.45) is 0.702. The Morgan fingerprint density at radius 1 is 1.32 bits per heavy atom. The Morgan fingerprint density at radius 2 is 2.05 bits per heavy atom. The molecular weight excluding hydrogens is 244 g/mol. The van der Waals surface area contributed by atoms with E-state index in [9.17, 15) is 4.79 Å². The van der Waals surface area contributed by atoms with Gasteiger partial charge in [-0.2, -0.15) is 0 Å². The minimum Gasteiger partial charge on any atom is -0.382 e. The van der Waals surface area contributed by atoms with Gasteiger partial charge in [0.05, 0.1) is 13.2 Å². The first-order chi connectivity index (χ1) is 9.24. The number of hydrogen-bond donors (Lipinski definition) is 2. The highest BCUT2D eigenvalue weighted by molar-refractivity contribution is 5.77. The van der Waals surface area contributed by atoms with Crippen molar-refractivity contribution in [3.63, 3.8) is 0 Å². The van der Waals surface area contributed by atoms with Crippen molar-refractivity contribution in [1.29, 1.82) is 0 Å². The number of hydrogen-bond acceptors (Lipinski definition) is 4. The molecule has 0 aliphatic heterocycles. The Hall–Kier alpha value is -1.43. The van der Waals surface area contributed by atoms with Gasteiger partial charge in [-0.3, -0.25) is 4.79 Å². The van der Waals surface area contributed by atoms with E-state index in [1.165, 1.54) is 0 Å². The van der Waals surface area contributed by atoms with Crippen LogP contribution in [0.25, 0.3) is 0 Å². The first-order valence-corrected chi connectivity index (χ1v) is 6.38. The van der Waals surface area contributed by atoms with Crippen LogP contribution in [0.2, 0.25) is 0 Å². The SMILES string of the molecule is COCCOCC(=O)NCCC(N)c1ccccc1. The number of carbonyl (C=O) groups is 1. The lowest BCUT2D eigenvalue weighted by atomic mass is 10.1. The van der Waals surface area contributed by atoms with E-state index in [1.807, 2.05) is 30.3 Å². The van der Waals surface area contributed by atoms with Crippen LogP contribution >= 0.6 is 0 Å². The monoisotopic (exact) mass is 266 g/mol. The van der Waals surface area contributed by atoms with Crippen LogP contribution in [-0.4, -0.2) is 39.4 Å². The second kappa shape index (κ2) is 9.49. The van der Waals surface area contributed by atoms with E-state index >= 15 is 0 Å². The third kappa shape index (κ3) is 6.91. The summed E-state index contributed by atoms with van der Waals surface area (Å²) in [6.45, 7) is 1.52. The lowest BCUT2D eigenvalue weighted by Crippen LogP contribution is -2.30. The van der Waals surface area contributed by atoms with Crippen LogP contribution in [0.5, 0.6) is 0 Å². The maximum Gasteiger partial charge on any atom is 0.246 e. The van der Waals surface area contributed by atoms with Crippen LogP contribution < -0.4 is 11.1 Å². The van der Waals surface area contributed by atoms with Crippen LogP contribution in [0.1, 0.15) is 18.0 Å². The fourth-order valence-corrected chi connectivity index (χ4v) is 1.59. The summed E-state index contributed by atoms with van der Waals surface area (Å²) >= 11 is 0. The predicted molar refractivity (Wildman–Crippen MR) is 73.7 cm³/mol. The molecule has 1 rings (SSSR count). The Kier molecular flexibility index (Phi) is 7.81. The molecule has 0 bridgehead atoms. The quantitative estimate of drug-likeness (QED) is 0.650. The van der Waals surface area contributed by atoms with Crippen molar-refractivity contribution in [2.24, 2.45) is 5.73 Å². The molecule has 106 valence electrons. The number of nitrogens with two attached hydrogens (primary N) is 1. The maximum atomic E-state index is 11.4. The predicted octanol–water partition coefficient (Wildman–Crippen LogP) is 0.856. The van der Waals surface area contributed by atoms with Crippen molar-refractivity contribution in [2.45, 2.75) is 12.5 Å². The second-order valence-electron chi connectivity index (χ2n) is 4.20. The van der Waals surface area contributed by atoms with E-state index in [-0.39, 0.29) is 18.6 Å². The van der Waals surface area contributed by atoms with E-state index < -0.39 is 0 Å². The molecule has 19 heavy (non-hydrogen) atoms. The molecule has 3 N–H and O–H groups in total. The van der Waals surface area contributed by atoms with Crippen molar-refractivity contribution < 1.29 is 14.3 Å². The molecule has 1 atom stereocenters. The summed E-state index contributed by atoms with van der Waals surface area (Å²) in [5.74, 6) is -0.128. The summed E-state index contributed by atoms with van der Waals surface area (Å²) in [7, 11) is 1.59. The molecule has 1 unspecified atom stereocenters.